The molecule has 1 amide bonds. The lowest BCUT2D eigenvalue weighted by atomic mass is 10.0. The van der Waals surface area contributed by atoms with Crippen LogP contribution in [0.15, 0.2) is 59.7 Å². The molecule has 0 saturated heterocycles. The van der Waals surface area contributed by atoms with Crippen molar-refractivity contribution in [1.82, 2.24) is 10.3 Å². The van der Waals surface area contributed by atoms with Gasteiger partial charge in [0.05, 0.1) is 11.6 Å². The van der Waals surface area contributed by atoms with Gasteiger partial charge in [-0.3, -0.25) is 9.80 Å². The van der Waals surface area contributed by atoms with E-state index in [1.807, 2.05) is 35.3 Å². The van der Waals surface area contributed by atoms with Crippen molar-refractivity contribution in [2.45, 2.75) is 51.4 Å². The Morgan fingerprint density at radius 1 is 1.13 bits per heavy atom. The molecule has 0 saturated carbocycles. The molecule has 1 atom stereocenters. The van der Waals surface area contributed by atoms with Gasteiger partial charge in [-0.05, 0) is 29.7 Å². The molecule has 1 unspecified atom stereocenters. The zero-order valence-corrected chi connectivity index (χ0v) is 17.0. The SMILES string of the molecule is CCCCCN1N=C(C(=O)NCc2cccc(C(F)(F)F)c2)CC1c1ccccc1. The van der Waals surface area contributed by atoms with Crippen molar-refractivity contribution < 1.29 is 18.0 Å². The van der Waals surface area contributed by atoms with Gasteiger partial charge >= 0.3 is 6.18 Å². The van der Waals surface area contributed by atoms with Crippen LogP contribution in [0.3, 0.4) is 0 Å². The Morgan fingerprint density at radius 2 is 1.90 bits per heavy atom. The minimum atomic E-state index is -4.41. The van der Waals surface area contributed by atoms with Gasteiger partial charge in [0.15, 0.2) is 0 Å². The highest BCUT2D eigenvalue weighted by molar-refractivity contribution is 6.39. The monoisotopic (exact) mass is 417 g/mol. The molecule has 0 fully saturated rings. The van der Waals surface area contributed by atoms with Gasteiger partial charge in [-0.1, -0.05) is 62.2 Å². The van der Waals surface area contributed by atoms with Crippen molar-refractivity contribution in [3.05, 3.63) is 71.3 Å². The number of halogens is 3. The summed E-state index contributed by atoms with van der Waals surface area (Å²) in [7, 11) is 0. The Labute approximate surface area is 174 Å². The number of carbonyl (C=O) groups excluding carboxylic acids is 1. The summed E-state index contributed by atoms with van der Waals surface area (Å²) in [6, 6.07) is 14.9. The minimum Gasteiger partial charge on any atom is -0.347 e. The molecule has 1 N–H and O–H groups in total. The molecular formula is C23H26F3N3O. The number of alkyl halides is 3. The van der Waals surface area contributed by atoms with Crippen molar-refractivity contribution in [3.8, 4) is 0 Å². The van der Waals surface area contributed by atoms with Crippen LogP contribution in [0.2, 0.25) is 0 Å². The Bertz CT molecular complexity index is 881. The van der Waals surface area contributed by atoms with Crippen LogP contribution >= 0.6 is 0 Å². The van der Waals surface area contributed by atoms with Crippen molar-refractivity contribution in [2.24, 2.45) is 5.10 Å². The molecular weight excluding hydrogens is 391 g/mol. The first-order chi connectivity index (χ1) is 14.4. The number of carbonyl (C=O) groups is 1. The van der Waals surface area contributed by atoms with Gasteiger partial charge in [-0.2, -0.15) is 18.3 Å². The third kappa shape index (κ3) is 5.62. The summed E-state index contributed by atoms with van der Waals surface area (Å²) in [4.78, 5) is 12.7. The highest BCUT2D eigenvalue weighted by Crippen LogP contribution is 2.31. The van der Waals surface area contributed by atoms with Gasteiger partial charge in [0.2, 0.25) is 0 Å². The molecule has 0 aliphatic carbocycles. The normalized spacial score (nSPS) is 16.5. The van der Waals surface area contributed by atoms with E-state index in [0.29, 0.717) is 17.7 Å². The van der Waals surface area contributed by atoms with Crippen molar-refractivity contribution >= 4 is 11.6 Å². The van der Waals surface area contributed by atoms with Crippen molar-refractivity contribution in [3.63, 3.8) is 0 Å². The van der Waals surface area contributed by atoms with Crippen LogP contribution in [0.4, 0.5) is 13.2 Å². The van der Waals surface area contributed by atoms with Gasteiger partial charge in [-0.15, -0.1) is 0 Å². The number of hydrogen-bond donors (Lipinski definition) is 1. The third-order valence-electron chi connectivity index (χ3n) is 5.14. The predicted molar refractivity (Wildman–Crippen MR) is 111 cm³/mol. The summed E-state index contributed by atoms with van der Waals surface area (Å²) in [6.45, 7) is 2.92. The fourth-order valence-electron chi connectivity index (χ4n) is 3.53. The second kappa shape index (κ2) is 9.78. The molecule has 1 aliphatic heterocycles. The second-order valence-electron chi connectivity index (χ2n) is 7.43. The number of benzene rings is 2. The summed E-state index contributed by atoms with van der Waals surface area (Å²) in [5.74, 6) is -0.341. The standard InChI is InChI=1S/C23H26F3N3O/c1-2-3-7-13-29-21(18-10-5-4-6-11-18)15-20(28-29)22(30)27-16-17-9-8-12-19(14-17)23(24,25)26/h4-6,8-12,14,21H,2-3,7,13,15-16H2,1H3,(H,27,30). The number of nitrogens with one attached hydrogen (secondary N) is 1. The minimum absolute atomic E-state index is 0.00244. The maximum atomic E-state index is 12.9. The fourth-order valence-corrected chi connectivity index (χ4v) is 3.53. The quantitative estimate of drug-likeness (QED) is 0.591. The zero-order valence-electron chi connectivity index (χ0n) is 17.0. The topological polar surface area (TPSA) is 44.7 Å². The largest absolute Gasteiger partial charge is 0.416 e. The number of unbranched alkanes of at least 4 members (excludes halogenated alkanes) is 2. The highest BCUT2D eigenvalue weighted by atomic mass is 19.4. The van der Waals surface area contributed by atoms with E-state index in [1.165, 1.54) is 6.07 Å². The van der Waals surface area contributed by atoms with Crippen molar-refractivity contribution in [1.29, 1.82) is 0 Å². The maximum absolute atomic E-state index is 12.9. The molecule has 1 heterocycles. The molecule has 4 nitrogen and oxygen atoms in total. The molecule has 7 heteroatoms. The van der Waals surface area contributed by atoms with E-state index in [0.717, 1.165) is 43.5 Å². The van der Waals surface area contributed by atoms with Gasteiger partial charge in [0, 0.05) is 19.5 Å². The molecule has 2 aromatic rings. The van der Waals surface area contributed by atoms with Crippen LogP contribution in [0, 0.1) is 0 Å². The molecule has 0 aromatic heterocycles. The van der Waals surface area contributed by atoms with Gasteiger partial charge in [-0.25, -0.2) is 0 Å². The van der Waals surface area contributed by atoms with Crippen molar-refractivity contribution in [2.75, 3.05) is 6.54 Å². The van der Waals surface area contributed by atoms with E-state index in [1.54, 1.807) is 6.07 Å². The van der Waals surface area contributed by atoms with Crippen LogP contribution in [-0.2, 0) is 17.5 Å². The first-order valence-corrected chi connectivity index (χ1v) is 10.2. The Kier molecular flexibility index (Phi) is 7.13. The summed E-state index contributed by atoms with van der Waals surface area (Å²) >= 11 is 0. The van der Waals surface area contributed by atoms with E-state index in [-0.39, 0.29) is 18.5 Å². The first kappa shape index (κ1) is 21.9. The molecule has 0 radical (unpaired) electrons. The van der Waals surface area contributed by atoms with Crippen LogP contribution < -0.4 is 5.32 Å². The molecule has 160 valence electrons. The highest BCUT2D eigenvalue weighted by Gasteiger charge is 2.32. The number of rotatable bonds is 8. The van der Waals surface area contributed by atoms with Crippen LogP contribution in [0.5, 0.6) is 0 Å². The predicted octanol–water partition coefficient (Wildman–Crippen LogP) is 5.31. The van der Waals surface area contributed by atoms with E-state index in [2.05, 4.69) is 17.3 Å². The molecule has 2 aromatic carbocycles. The summed E-state index contributed by atoms with van der Waals surface area (Å²) in [5, 5.41) is 9.22. The average Bonchev–Trinajstić information content (AvgIpc) is 3.17. The van der Waals surface area contributed by atoms with E-state index >= 15 is 0 Å². The third-order valence-corrected chi connectivity index (χ3v) is 5.14. The number of amides is 1. The summed E-state index contributed by atoms with van der Waals surface area (Å²) < 4.78 is 38.6. The summed E-state index contributed by atoms with van der Waals surface area (Å²) in [5.41, 5.74) is 1.18. The number of hydrazone groups is 1. The molecule has 0 bridgehead atoms. The molecule has 3 rings (SSSR count). The number of hydrogen-bond acceptors (Lipinski definition) is 3. The fraction of sp³-hybridized carbons (Fsp3) is 0.391. The maximum Gasteiger partial charge on any atom is 0.416 e. The molecule has 1 aliphatic rings. The van der Waals surface area contributed by atoms with Crippen LogP contribution in [-0.4, -0.2) is 23.2 Å². The van der Waals surface area contributed by atoms with Gasteiger partial charge in [0.25, 0.3) is 5.91 Å². The smallest absolute Gasteiger partial charge is 0.347 e. The van der Waals surface area contributed by atoms with Crippen LogP contribution in [0.1, 0.15) is 55.3 Å². The first-order valence-electron chi connectivity index (χ1n) is 10.2. The molecule has 0 spiro atoms. The summed E-state index contributed by atoms with van der Waals surface area (Å²) in [6.07, 6.45) is -0.757. The Morgan fingerprint density at radius 3 is 2.60 bits per heavy atom. The van der Waals surface area contributed by atoms with E-state index in [9.17, 15) is 18.0 Å². The van der Waals surface area contributed by atoms with E-state index in [4.69, 9.17) is 0 Å². The molecule has 30 heavy (non-hydrogen) atoms. The second-order valence-corrected chi connectivity index (χ2v) is 7.43. The van der Waals surface area contributed by atoms with Gasteiger partial charge < -0.3 is 5.32 Å². The Balaban J connectivity index is 1.66. The lowest BCUT2D eigenvalue weighted by molar-refractivity contribution is -0.137. The Hall–Kier alpha value is -2.83. The lowest BCUT2D eigenvalue weighted by Gasteiger charge is -2.23. The van der Waals surface area contributed by atoms with E-state index < -0.39 is 11.7 Å². The lowest BCUT2D eigenvalue weighted by Crippen LogP contribution is -2.30. The average molecular weight is 417 g/mol. The zero-order chi connectivity index (χ0) is 21.6. The van der Waals surface area contributed by atoms with Crippen LogP contribution in [0.25, 0.3) is 0 Å². The van der Waals surface area contributed by atoms with Gasteiger partial charge in [0.1, 0.15) is 5.71 Å². The number of nitrogens with zero attached hydrogens (tertiary/aromatic N) is 2.